The predicted molar refractivity (Wildman–Crippen MR) is 79.3 cm³/mol. The number of sulfone groups is 1. The van der Waals surface area contributed by atoms with Gasteiger partial charge in [0.25, 0.3) is 0 Å². The summed E-state index contributed by atoms with van der Waals surface area (Å²) in [5.41, 5.74) is 0.669. The minimum absolute atomic E-state index is 0.0133. The Kier molecular flexibility index (Phi) is 3.99. The molecule has 0 spiro atoms. The highest BCUT2D eigenvalue weighted by atomic mass is 32.2. The van der Waals surface area contributed by atoms with E-state index in [1.807, 2.05) is 0 Å². The van der Waals surface area contributed by atoms with E-state index in [0.29, 0.717) is 5.52 Å². The van der Waals surface area contributed by atoms with Crippen LogP contribution in [0.2, 0.25) is 0 Å². The second-order valence-electron chi connectivity index (χ2n) is 5.98. The number of aromatic nitrogens is 2. The fraction of sp³-hybridized carbons (Fsp3) is 0.500. The van der Waals surface area contributed by atoms with Crippen molar-refractivity contribution in [1.29, 1.82) is 0 Å². The van der Waals surface area contributed by atoms with E-state index in [9.17, 15) is 13.5 Å². The molecule has 1 N–H and O–H groups in total. The van der Waals surface area contributed by atoms with Gasteiger partial charge in [-0.15, -0.1) is 0 Å². The average Bonchev–Trinajstić information content (AvgIpc) is 2.80. The second-order valence-corrected chi connectivity index (χ2v) is 8.65. The van der Waals surface area contributed by atoms with Gasteiger partial charge in [-0.3, -0.25) is 0 Å². The van der Waals surface area contributed by atoms with Crippen molar-refractivity contribution in [2.45, 2.75) is 43.4 Å². The van der Waals surface area contributed by atoms with Crippen LogP contribution in [-0.2, 0) is 9.84 Å². The molecule has 2 aromatic heterocycles. The lowest BCUT2D eigenvalue weighted by atomic mass is 10.3. The van der Waals surface area contributed by atoms with Gasteiger partial charge in [-0.25, -0.2) is 12.9 Å². The molecule has 116 valence electrons. The number of hydrogen-bond donors (Lipinski definition) is 1. The van der Waals surface area contributed by atoms with E-state index in [1.54, 1.807) is 50.5 Å². The van der Waals surface area contributed by atoms with Crippen molar-refractivity contribution >= 4 is 15.4 Å². The van der Waals surface area contributed by atoms with E-state index in [1.165, 1.54) is 6.20 Å². The van der Waals surface area contributed by atoms with E-state index in [0.717, 1.165) is 0 Å². The van der Waals surface area contributed by atoms with Gasteiger partial charge >= 0.3 is 0 Å². The van der Waals surface area contributed by atoms with Crippen molar-refractivity contribution < 1.29 is 18.3 Å². The summed E-state index contributed by atoms with van der Waals surface area (Å²) in [5.74, 6) is 0.196. The summed E-state index contributed by atoms with van der Waals surface area (Å²) in [7, 11) is -3.57. The van der Waals surface area contributed by atoms with Gasteiger partial charge in [0, 0.05) is 6.20 Å². The van der Waals surface area contributed by atoms with Gasteiger partial charge in [0.05, 0.1) is 22.6 Å². The molecule has 0 saturated carbocycles. The topological polar surface area (TPSA) is 80.9 Å². The molecule has 0 amide bonds. The summed E-state index contributed by atoms with van der Waals surface area (Å²) in [6, 6.07) is 3.27. The van der Waals surface area contributed by atoms with Crippen LogP contribution < -0.4 is 4.74 Å². The quantitative estimate of drug-likeness (QED) is 0.928. The Balaban J connectivity index is 2.61. The Morgan fingerprint density at radius 1 is 1.43 bits per heavy atom. The molecule has 0 aliphatic rings. The first-order chi connectivity index (χ1) is 9.63. The number of rotatable bonds is 4. The van der Waals surface area contributed by atoms with Crippen LogP contribution in [0.25, 0.3) is 5.52 Å². The summed E-state index contributed by atoms with van der Waals surface area (Å²) in [6.07, 6.45) is 2.42. The number of aliphatic hydroxyl groups excluding tert-OH is 1. The maximum absolute atomic E-state index is 12.7. The van der Waals surface area contributed by atoms with Crippen molar-refractivity contribution in [3.63, 3.8) is 0 Å². The molecule has 21 heavy (non-hydrogen) atoms. The van der Waals surface area contributed by atoms with Crippen LogP contribution in [0.4, 0.5) is 0 Å². The summed E-state index contributed by atoms with van der Waals surface area (Å²) in [6.45, 7) is 6.51. The van der Waals surface area contributed by atoms with Crippen molar-refractivity contribution in [1.82, 2.24) is 9.61 Å². The Bertz CT molecular complexity index is 742. The highest BCUT2D eigenvalue weighted by molar-refractivity contribution is 7.92. The number of pyridine rings is 1. The van der Waals surface area contributed by atoms with Crippen molar-refractivity contribution in [2.75, 3.05) is 6.61 Å². The zero-order valence-electron chi connectivity index (χ0n) is 12.6. The van der Waals surface area contributed by atoms with Crippen molar-refractivity contribution in [3.05, 3.63) is 24.5 Å². The van der Waals surface area contributed by atoms with Gasteiger partial charge in [0.15, 0.2) is 15.6 Å². The molecule has 0 bridgehead atoms. The Labute approximate surface area is 124 Å². The molecule has 0 unspecified atom stereocenters. The molecule has 2 aromatic rings. The van der Waals surface area contributed by atoms with Crippen LogP contribution >= 0.6 is 0 Å². The van der Waals surface area contributed by atoms with Crippen molar-refractivity contribution in [2.24, 2.45) is 0 Å². The van der Waals surface area contributed by atoms with Crippen LogP contribution in [0.15, 0.2) is 29.4 Å². The standard InChI is InChI=1S/C14H20N2O4S/c1-10(17)9-20-12-8-16-11(5-6-15-16)7-13(12)21(18,19)14(2,3)4/h5-8,10,17H,9H2,1-4H3/t10-/m0/s1. The highest BCUT2D eigenvalue weighted by Crippen LogP contribution is 2.33. The molecule has 0 aliphatic carbocycles. The first kappa shape index (κ1) is 15.8. The highest BCUT2D eigenvalue weighted by Gasteiger charge is 2.34. The lowest BCUT2D eigenvalue weighted by Crippen LogP contribution is -2.29. The third-order valence-corrected chi connectivity index (χ3v) is 5.55. The Morgan fingerprint density at radius 2 is 2.10 bits per heavy atom. The number of nitrogens with zero attached hydrogens (tertiary/aromatic N) is 2. The van der Waals surface area contributed by atoms with Gasteiger partial charge in [-0.2, -0.15) is 5.10 Å². The zero-order valence-corrected chi connectivity index (χ0v) is 13.4. The number of hydrogen-bond acceptors (Lipinski definition) is 5. The third kappa shape index (κ3) is 3.03. The summed E-state index contributed by atoms with van der Waals surface area (Å²) in [4.78, 5) is 0.114. The minimum Gasteiger partial charge on any atom is -0.488 e. The van der Waals surface area contributed by atoms with Gasteiger partial charge < -0.3 is 9.84 Å². The zero-order chi connectivity index (χ0) is 15.8. The van der Waals surface area contributed by atoms with E-state index < -0.39 is 20.7 Å². The lowest BCUT2D eigenvalue weighted by Gasteiger charge is -2.22. The van der Waals surface area contributed by atoms with Crippen LogP contribution in [0, 0.1) is 0 Å². The molecule has 7 heteroatoms. The maximum Gasteiger partial charge on any atom is 0.187 e. The molecule has 0 saturated heterocycles. The number of ether oxygens (including phenoxy) is 1. The molecule has 2 rings (SSSR count). The first-order valence-corrected chi connectivity index (χ1v) is 8.14. The Morgan fingerprint density at radius 3 is 2.67 bits per heavy atom. The fourth-order valence-corrected chi connectivity index (χ4v) is 3.10. The van der Waals surface area contributed by atoms with E-state index in [4.69, 9.17) is 4.74 Å². The fourth-order valence-electron chi connectivity index (χ4n) is 1.79. The second kappa shape index (κ2) is 5.31. The predicted octanol–water partition coefficient (Wildman–Crippen LogP) is 1.67. The van der Waals surface area contributed by atoms with E-state index in [-0.39, 0.29) is 17.3 Å². The molecule has 0 fully saturated rings. The molecule has 6 nitrogen and oxygen atoms in total. The number of fused-ring (bicyclic) bond motifs is 1. The van der Waals surface area contributed by atoms with Crippen molar-refractivity contribution in [3.8, 4) is 5.75 Å². The summed E-state index contributed by atoms with van der Waals surface area (Å²) < 4.78 is 31.5. The lowest BCUT2D eigenvalue weighted by molar-refractivity contribution is 0.120. The van der Waals surface area contributed by atoms with Crippen LogP contribution in [0.5, 0.6) is 5.75 Å². The number of aliphatic hydroxyl groups is 1. The van der Waals surface area contributed by atoms with Gasteiger partial charge in [0.2, 0.25) is 0 Å². The molecule has 0 radical (unpaired) electrons. The molecular formula is C14H20N2O4S. The van der Waals surface area contributed by atoms with Crippen LogP contribution in [-0.4, -0.2) is 40.6 Å². The maximum atomic E-state index is 12.7. The molecule has 2 heterocycles. The van der Waals surface area contributed by atoms with Gasteiger partial charge in [0.1, 0.15) is 11.5 Å². The molecule has 0 aromatic carbocycles. The monoisotopic (exact) mass is 312 g/mol. The smallest absolute Gasteiger partial charge is 0.187 e. The van der Waals surface area contributed by atoms with Gasteiger partial charge in [-0.1, -0.05) is 0 Å². The largest absolute Gasteiger partial charge is 0.488 e. The van der Waals surface area contributed by atoms with E-state index in [2.05, 4.69) is 5.10 Å². The first-order valence-electron chi connectivity index (χ1n) is 6.66. The summed E-state index contributed by atoms with van der Waals surface area (Å²) in [5, 5.41) is 13.4. The Hall–Kier alpha value is -1.60. The SMILES string of the molecule is C[C@H](O)COc1cn2nccc2cc1S(=O)(=O)C(C)(C)C. The summed E-state index contributed by atoms with van der Waals surface area (Å²) >= 11 is 0. The van der Waals surface area contributed by atoms with Crippen LogP contribution in [0.3, 0.4) is 0 Å². The van der Waals surface area contributed by atoms with Gasteiger partial charge in [-0.05, 0) is 39.8 Å². The van der Waals surface area contributed by atoms with E-state index >= 15 is 0 Å². The molecular weight excluding hydrogens is 292 g/mol. The molecule has 1 atom stereocenters. The molecule has 0 aliphatic heterocycles. The normalized spacial score (nSPS) is 14.3. The third-order valence-electron chi connectivity index (χ3n) is 3.04. The van der Waals surface area contributed by atoms with Crippen LogP contribution in [0.1, 0.15) is 27.7 Å². The average molecular weight is 312 g/mol. The minimum atomic E-state index is -3.57.